The van der Waals surface area contributed by atoms with Gasteiger partial charge in [0.2, 0.25) is 5.91 Å². The van der Waals surface area contributed by atoms with Gasteiger partial charge in [-0.2, -0.15) is 0 Å². The fourth-order valence-corrected chi connectivity index (χ4v) is 2.67. The normalized spacial score (nSPS) is 19.2. The number of carbonyl (C=O) groups is 2. The van der Waals surface area contributed by atoms with Gasteiger partial charge in [-0.15, -0.1) is 0 Å². The molecule has 1 saturated heterocycles. The van der Waals surface area contributed by atoms with E-state index in [4.69, 9.17) is 5.11 Å². The Kier molecular flexibility index (Phi) is 4.95. The summed E-state index contributed by atoms with van der Waals surface area (Å²) in [6.07, 6.45) is 4.64. The average molecular weight is 338 g/mol. The van der Waals surface area contributed by atoms with Crippen molar-refractivity contribution in [3.8, 4) is 0 Å². The second-order valence-electron chi connectivity index (χ2n) is 4.82. The molecule has 1 aromatic carbocycles. The summed E-state index contributed by atoms with van der Waals surface area (Å²) in [5.41, 5.74) is 0.924. The predicted molar refractivity (Wildman–Crippen MR) is 80.1 cm³/mol. The fourth-order valence-electron chi connectivity index (χ4n) is 2.26. The number of carbonyl (C=O) groups excluding carboxylic acids is 1. The molecular formula is C15H16BrNO3. The van der Waals surface area contributed by atoms with Crippen LogP contribution in [0.3, 0.4) is 0 Å². The molecule has 1 N–H and O–H groups in total. The molecule has 1 fully saturated rings. The molecule has 0 bridgehead atoms. The number of piperidine rings is 1. The fraction of sp³-hybridized carbons (Fsp3) is 0.333. The van der Waals surface area contributed by atoms with Crippen molar-refractivity contribution in [1.29, 1.82) is 0 Å². The number of carboxylic acid groups (broad SMARTS) is 1. The van der Waals surface area contributed by atoms with Gasteiger partial charge in [0.1, 0.15) is 0 Å². The van der Waals surface area contributed by atoms with Crippen LogP contribution in [0.15, 0.2) is 34.8 Å². The number of benzene rings is 1. The van der Waals surface area contributed by atoms with E-state index < -0.39 is 11.9 Å². The average Bonchev–Trinajstić information content (AvgIpc) is 2.46. The second-order valence-corrected chi connectivity index (χ2v) is 5.67. The number of aliphatic carboxylic acids is 1. The zero-order valence-corrected chi connectivity index (χ0v) is 12.5. The van der Waals surface area contributed by atoms with Crippen LogP contribution in [0.4, 0.5) is 0 Å². The van der Waals surface area contributed by atoms with Gasteiger partial charge in [-0.3, -0.25) is 9.59 Å². The maximum Gasteiger partial charge on any atom is 0.308 e. The summed E-state index contributed by atoms with van der Waals surface area (Å²) in [5.74, 6) is -1.39. The van der Waals surface area contributed by atoms with Gasteiger partial charge < -0.3 is 10.0 Å². The lowest BCUT2D eigenvalue weighted by atomic mass is 9.98. The first kappa shape index (κ1) is 14.8. The monoisotopic (exact) mass is 337 g/mol. The van der Waals surface area contributed by atoms with Crippen LogP contribution in [0.2, 0.25) is 0 Å². The van der Waals surface area contributed by atoms with E-state index in [1.165, 1.54) is 6.08 Å². The molecule has 20 heavy (non-hydrogen) atoms. The van der Waals surface area contributed by atoms with E-state index in [0.717, 1.165) is 16.5 Å². The Morgan fingerprint density at radius 3 is 2.80 bits per heavy atom. The van der Waals surface area contributed by atoms with Crippen LogP contribution in [0.5, 0.6) is 0 Å². The summed E-state index contributed by atoms with van der Waals surface area (Å²) in [5, 5.41) is 9.02. The lowest BCUT2D eigenvalue weighted by molar-refractivity contribution is -0.144. The van der Waals surface area contributed by atoms with Crippen molar-refractivity contribution < 1.29 is 14.7 Å². The molecule has 1 aromatic rings. The molecule has 1 atom stereocenters. The Morgan fingerprint density at radius 2 is 2.10 bits per heavy atom. The molecule has 0 radical (unpaired) electrons. The molecule has 1 amide bonds. The van der Waals surface area contributed by atoms with E-state index in [1.807, 2.05) is 24.3 Å². The van der Waals surface area contributed by atoms with Crippen LogP contribution < -0.4 is 0 Å². The van der Waals surface area contributed by atoms with Crippen molar-refractivity contribution in [2.75, 3.05) is 13.1 Å². The number of halogens is 1. The first-order valence-electron chi connectivity index (χ1n) is 6.52. The minimum Gasteiger partial charge on any atom is -0.481 e. The molecule has 0 aliphatic carbocycles. The zero-order chi connectivity index (χ0) is 14.5. The molecule has 106 valence electrons. The van der Waals surface area contributed by atoms with Gasteiger partial charge in [0.25, 0.3) is 0 Å². The summed E-state index contributed by atoms with van der Waals surface area (Å²) >= 11 is 3.42. The topological polar surface area (TPSA) is 57.6 Å². The van der Waals surface area contributed by atoms with E-state index in [-0.39, 0.29) is 5.91 Å². The van der Waals surface area contributed by atoms with Crippen LogP contribution in [0.25, 0.3) is 6.08 Å². The number of rotatable bonds is 3. The Labute approximate surface area is 126 Å². The van der Waals surface area contributed by atoms with E-state index in [0.29, 0.717) is 19.5 Å². The highest BCUT2D eigenvalue weighted by Gasteiger charge is 2.27. The lowest BCUT2D eigenvalue weighted by Crippen LogP contribution is -2.41. The van der Waals surface area contributed by atoms with Crippen molar-refractivity contribution in [3.63, 3.8) is 0 Å². The molecule has 0 spiro atoms. The molecule has 0 unspecified atom stereocenters. The van der Waals surface area contributed by atoms with E-state index in [2.05, 4.69) is 15.9 Å². The molecule has 0 saturated carbocycles. The molecule has 4 nitrogen and oxygen atoms in total. The van der Waals surface area contributed by atoms with Crippen LogP contribution in [-0.4, -0.2) is 35.0 Å². The SMILES string of the molecule is O=C(O)[C@H]1CCCN(C(=O)/C=C/c2ccccc2Br)C1. The third-order valence-electron chi connectivity index (χ3n) is 3.39. The van der Waals surface area contributed by atoms with Crippen molar-refractivity contribution in [3.05, 3.63) is 40.4 Å². The maximum atomic E-state index is 12.1. The number of nitrogens with zero attached hydrogens (tertiary/aromatic N) is 1. The van der Waals surface area contributed by atoms with Crippen molar-refractivity contribution in [1.82, 2.24) is 4.90 Å². The molecular weight excluding hydrogens is 322 g/mol. The van der Waals surface area contributed by atoms with Gasteiger partial charge in [-0.25, -0.2) is 0 Å². The van der Waals surface area contributed by atoms with Gasteiger partial charge in [0.15, 0.2) is 0 Å². The minimum absolute atomic E-state index is 0.133. The number of likely N-dealkylation sites (tertiary alicyclic amines) is 1. The third kappa shape index (κ3) is 3.70. The first-order valence-corrected chi connectivity index (χ1v) is 7.31. The maximum absolute atomic E-state index is 12.1. The summed E-state index contributed by atoms with van der Waals surface area (Å²) in [4.78, 5) is 24.7. The number of hydrogen-bond donors (Lipinski definition) is 1. The summed E-state index contributed by atoms with van der Waals surface area (Å²) in [6.45, 7) is 0.928. The quantitative estimate of drug-likeness (QED) is 0.863. The van der Waals surface area contributed by atoms with Gasteiger partial charge in [-0.05, 0) is 30.5 Å². The summed E-state index contributed by atoms with van der Waals surface area (Å²) in [7, 11) is 0. The van der Waals surface area contributed by atoms with Gasteiger partial charge in [-0.1, -0.05) is 34.1 Å². The van der Waals surface area contributed by atoms with Crippen molar-refractivity contribution in [2.24, 2.45) is 5.92 Å². The Hall–Kier alpha value is -1.62. The Morgan fingerprint density at radius 1 is 1.35 bits per heavy atom. The first-order chi connectivity index (χ1) is 9.58. The van der Waals surface area contributed by atoms with Crippen LogP contribution in [0.1, 0.15) is 18.4 Å². The third-order valence-corrected chi connectivity index (χ3v) is 4.12. The Bertz CT molecular complexity index is 542. The van der Waals surface area contributed by atoms with E-state index in [1.54, 1.807) is 11.0 Å². The van der Waals surface area contributed by atoms with Crippen molar-refractivity contribution in [2.45, 2.75) is 12.8 Å². The van der Waals surface area contributed by atoms with E-state index in [9.17, 15) is 9.59 Å². The van der Waals surface area contributed by atoms with Crippen LogP contribution in [-0.2, 0) is 9.59 Å². The van der Waals surface area contributed by atoms with Gasteiger partial charge >= 0.3 is 5.97 Å². The zero-order valence-electron chi connectivity index (χ0n) is 11.0. The Balaban J connectivity index is 2.01. The predicted octanol–water partition coefficient (Wildman–Crippen LogP) is 2.79. The lowest BCUT2D eigenvalue weighted by Gasteiger charge is -2.29. The minimum atomic E-state index is -0.822. The highest BCUT2D eigenvalue weighted by Crippen LogP contribution is 2.19. The highest BCUT2D eigenvalue weighted by atomic mass is 79.9. The second kappa shape index (κ2) is 6.70. The van der Waals surface area contributed by atoms with Crippen molar-refractivity contribution >= 4 is 33.9 Å². The summed E-state index contributed by atoms with van der Waals surface area (Å²) < 4.78 is 0.922. The van der Waals surface area contributed by atoms with E-state index >= 15 is 0 Å². The smallest absolute Gasteiger partial charge is 0.308 e. The van der Waals surface area contributed by atoms with Crippen LogP contribution in [0, 0.1) is 5.92 Å². The molecule has 0 aromatic heterocycles. The van der Waals surface area contributed by atoms with Gasteiger partial charge in [0, 0.05) is 23.6 Å². The molecule has 1 aliphatic rings. The molecule has 2 rings (SSSR count). The number of hydrogen-bond acceptors (Lipinski definition) is 2. The number of amides is 1. The molecule has 5 heteroatoms. The van der Waals surface area contributed by atoms with Gasteiger partial charge in [0.05, 0.1) is 5.92 Å². The largest absolute Gasteiger partial charge is 0.481 e. The molecule has 1 aliphatic heterocycles. The number of carboxylic acids is 1. The molecule has 1 heterocycles. The standard InChI is InChI=1S/C15H16BrNO3/c16-13-6-2-1-4-11(13)7-8-14(18)17-9-3-5-12(10-17)15(19)20/h1-2,4,6-8,12H,3,5,9-10H2,(H,19,20)/b8-7+/t12-/m0/s1. The van der Waals surface area contributed by atoms with Crippen LogP contribution >= 0.6 is 15.9 Å². The summed E-state index contributed by atoms with van der Waals surface area (Å²) in [6, 6.07) is 7.62. The highest BCUT2D eigenvalue weighted by molar-refractivity contribution is 9.10.